The molecule has 20 heavy (non-hydrogen) atoms. The van der Waals surface area contributed by atoms with Crippen molar-refractivity contribution in [1.29, 1.82) is 0 Å². The van der Waals surface area contributed by atoms with Crippen molar-refractivity contribution >= 4 is 5.69 Å². The molecule has 106 valence electrons. The van der Waals surface area contributed by atoms with Gasteiger partial charge in [0.25, 0.3) is 0 Å². The third-order valence-electron chi connectivity index (χ3n) is 2.52. The van der Waals surface area contributed by atoms with Gasteiger partial charge >= 0.3 is 0 Å². The third kappa shape index (κ3) is 2.96. The molecule has 2 N–H and O–H groups in total. The molecule has 0 aliphatic carbocycles. The van der Waals surface area contributed by atoms with Gasteiger partial charge in [-0.15, -0.1) is 0 Å². The van der Waals surface area contributed by atoms with E-state index in [1.807, 2.05) is 13.8 Å². The second-order valence-corrected chi connectivity index (χ2v) is 4.55. The second kappa shape index (κ2) is 5.73. The highest BCUT2D eigenvalue weighted by Gasteiger charge is 2.15. The minimum atomic E-state index is -0.447. The number of hydrogen-bond donors (Lipinski definition) is 1. The van der Waals surface area contributed by atoms with Crippen LogP contribution in [0.3, 0.4) is 0 Å². The predicted octanol–water partition coefficient (Wildman–Crippen LogP) is 3.09. The fourth-order valence-corrected chi connectivity index (χ4v) is 1.57. The van der Waals surface area contributed by atoms with E-state index in [9.17, 15) is 4.39 Å². The molecule has 0 radical (unpaired) electrons. The van der Waals surface area contributed by atoms with Gasteiger partial charge in [0, 0.05) is 0 Å². The fraction of sp³-hybridized carbons (Fsp3) is 0.286. The largest absolute Gasteiger partial charge is 0.473 e. The number of ether oxygens (including phenoxy) is 2. The molecule has 2 aromatic rings. The van der Waals surface area contributed by atoms with Gasteiger partial charge in [0.15, 0.2) is 17.3 Å². The van der Waals surface area contributed by atoms with Crippen LogP contribution in [0.2, 0.25) is 0 Å². The van der Waals surface area contributed by atoms with Crippen molar-refractivity contribution in [3.8, 4) is 17.5 Å². The summed E-state index contributed by atoms with van der Waals surface area (Å²) in [4.78, 5) is 7.84. The first-order chi connectivity index (χ1) is 9.49. The standard InChI is InChI=1S/C14H16FN3O2/c1-8(2)19-13-12(16)14(18-7-17-13)20-10-6-4-5-9(3)11(10)15/h4-8H,16H2,1-3H3. The van der Waals surface area contributed by atoms with Gasteiger partial charge in [-0.05, 0) is 32.4 Å². The smallest absolute Gasteiger partial charge is 0.249 e. The maximum atomic E-state index is 13.9. The zero-order chi connectivity index (χ0) is 14.7. The molecule has 1 heterocycles. The lowest BCUT2D eigenvalue weighted by molar-refractivity contribution is 0.232. The topological polar surface area (TPSA) is 70.3 Å². The summed E-state index contributed by atoms with van der Waals surface area (Å²) in [5, 5.41) is 0. The van der Waals surface area contributed by atoms with Gasteiger partial charge in [-0.2, -0.15) is 9.97 Å². The van der Waals surface area contributed by atoms with Crippen LogP contribution >= 0.6 is 0 Å². The Morgan fingerprint density at radius 1 is 1.20 bits per heavy atom. The summed E-state index contributed by atoms with van der Waals surface area (Å²) in [5.41, 5.74) is 6.49. The minimum absolute atomic E-state index is 0.0610. The first-order valence-electron chi connectivity index (χ1n) is 6.19. The van der Waals surface area contributed by atoms with Crippen molar-refractivity contribution in [2.75, 3.05) is 5.73 Å². The van der Waals surface area contributed by atoms with Gasteiger partial charge in [0.2, 0.25) is 11.8 Å². The lowest BCUT2D eigenvalue weighted by atomic mass is 10.2. The van der Waals surface area contributed by atoms with E-state index in [0.717, 1.165) is 0 Å². The van der Waals surface area contributed by atoms with Crippen molar-refractivity contribution in [2.24, 2.45) is 0 Å². The van der Waals surface area contributed by atoms with Gasteiger partial charge in [-0.25, -0.2) is 4.39 Å². The van der Waals surface area contributed by atoms with E-state index in [4.69, 9.17) is 15.2 Å². The Morgan fingerprint density at radius 2 is 1.90 bits per heavy atom. The van der Waals surface area contributed by atoms with Crippen LogP contribution in [0, 0.1) is 12.7 Å². The molecule has 0 saturated carbocycles. The number of aromatic nitrogens is 2. The Hall–Kier alpha value is -2.37. The average molecular weight is 277 g/mol. The monoisotopic (exact) mass is 277 g/mol. The highest BCUT2D eigenvalue weighted by Crippen LogP contribution is 2.32. The molecule has 0 saturated heterocycles. The van der Waals surface area contributed by atoms with Crippen LogP contribution in [0.15, 0.2) is 24.5 Å². The highest BCUT2D eigenvalue weighted by atomic mass is 19.1. The van der Waals surface area contributed by atoms with Crippen LogP contribution in [0.5, 0.6) is 17.5 Å². The molecule has 6 heteroatoms. The first-order valence-corrected chi connectivity index (χ1v) is 6.19. The summed E-state index contributed by atoms with van der Waals surface area (Å²) in [6.45, 7) is 5.35. The van der Waals surface area contributed by atoms with E-state index in [-0.39, 0.29) is 29.3 Å². The van der Waals surface area contributed by atoms with E-state index in [2.05, 4.69) is 9.97 Å². The number of hydrogen-bond acceptors (Lipinski definition) is 5. The lowest BCUT2D eigenvalue weighted by Gasteiger charge is -2.13. The Labute approximate surface area is 116 Å². The van der Waals surface area contributed by atoms with Crippen molar-refractivity contribution < 1.29 is 13.9 Å². The molecular formula is C14H16FN3O2. The van der Waals surface area contributed by atoms with Gasteiger partial charge in [0.1, 0.15) is 6.33 Å². The van der Waals surface area contributed by atoms with E-state index >= 15 is 0 Å². The molecule has 0 amide bonds. The van der Waals surface area contributed by atoms with Gasteiger partial charge < -0.3 is 15.2 Å². The van der Waals surface area contributed by atoms with E-state index in [0.29, 0.717) is 5.56 Å². The quantitative estimate of drug-likeness (QED) is 0.929. The third-order valence-corrected chi connectivity index (χ3v) is 2.52. The van der Waals surface area contributed by atoms with Crippen LogP contribution in [0.1, 0.15) is 19.4 Å². The fourth-order valence-electron chi connectivity index (χ4n) is 1.57. The predicted molar refractivity (Wildman–Crippen MR) is 73.4 cm³/mol. The number of nitrogen functional groups attached to an aromatic ring is 1. The highest BCUT2D eigenvalue weighted by molar-refractivity contribution is 5.57. The summed E-state index contributed by atoms with van der Waals surface area (Å²) >= 11 is 0. The summed E-state index contributed by atoms with van der Waals surface area (Å²) in [6, 6.07) is 4.85. The number of anilines is 1. The number of nitrogens with zero attached hydrogens (tertiary/aromatic N) is 2. The second-order valence-electron chi connectivity index (χ2n) is 4.55. The maximum absolute atomic E-state index is 13.9. The Morgan fingerprint density at radius 3 is 2.60 bits per heavy atom. The normalized spacial score (nSPS) is 10.7. The van der Waals surface area contributed by atoms with E-state index in [1.165, 1.54) is 12.4 Å². The van der Waals surface area contributed by atoms with Gasteiger partial charge in [-0.1, -0.05) is 12.1 Å². The molecule has 0 unspecified atom stereocenters. The molecule has 0 aliphatic rings. The molecule has 2 rings (SSSR count). The van der Waals surface area contributed by atoms with Crippen LogP contribution in [-0.4, -0.2) is 16.1 Å². The van der Waals surface area contributed by atoms with E-state index < -0.39 is 5.82 Å². The molecule has 0 atom stereocenters. The molecule has 5 nitrogen and oxygen atoms in total. The summed E-state index contributed by atoms with van der Waals surface area (Å²) in [5.74, 6) is -0.0963. The summed E-state index contributed by atoms with van der Waals surface area (Å²) in [6.07, 6.45) is 1.17. The number of halogens is 1. The molecule has 0 fully saturated rings. The Balaban J connectivity index is 2.32. The van der Waals surface area contributed by atoms with E-state index in [1.54, 1.807) is 19.1 Å². The SMILES string of the molecule is Cc1cccc(Oc2ncnc(OC(C)C)c2N)c1F. The molecule has 0 spiro atoms. The van der Waals surface area contributed by atoms with Crippen LogP contribution in [0.4, 0.5) is 10.1 Å². The Kier molecular flexibility index (Phi) is 4.02. The molecule has 0 bridgehead atoms. The number of aryl methyl sites for hydroxylation is 1. The summed E-state index contributed by atoms with van der Waals surface area (Å²) in [7, 11) is 0. The van der Waals surface area contributed by atoms with Crippen molar-refractivity contribution in [3.05, 3.63) is 35.9 Å². The lowest BCUT2D eigenvalue weighted by Crippen LogP contribution is -2.10. The number of nitrogens with two attached hydrogens (primary N) is 1. The van der Waals surface area contributed by atoms with Crippen molar-refractivity contribution in [1.82, 2.24) is 9.97 Å². The minimum Gasteiger partial charge on any atom is -0.473 e. The molecule has 1 aromatic carbocycles. The van der Waals surface area contributed by atoms with Crippen LogP contribution in [-0.2, 0) is 0 Å². The molecule has 0 aliphatic heterocycles. The molecular weight excluding hydrogens is 261 g/mol. The zero-order valence-electron chi connectivity index (χ0n) is 11.6. The van der Waals surface area contributed by atoms with Crippen molar-refractivity contribution in [2.45, 2.75) is 26.9 Å². The molecule has 1 aromatic heterocycles. The Bertz CT molecular complexity index is 617. The maximum Gasteiger partial charge on any atom is 0.249 e. The van der Waals surface area contributed by atoms with Crippen LogP contribution in [0.25, 0.3) is 0 Å². The van der Waals surface area contributed by atoms with Crippen molar-refractivity contribution in [3.63, 3.8) is 0 Å². The number of rotatable bonds is 4. The van der Waals surface area contributed by atoms with Gasteiger partial charge in [-0.3, -0.25) is 0 Å². The zero-order valence-corrected chi connectivity index (χ0v) is 11.6. The number of benzene rings is 1. The van der Waals surface area contributed by atoms with Gasteiger partial charge in [0.05, 0.1) is 6.10 Å². The summed E-state index contributed by atoms with van der Waals surface area (Å²) < 4.78 is 24.7. The first kappa shape index (κ1) is 14.0. The average Bonchev–Trinajstić information content (AvgIpc) is 2.39. The van der Waals surface area contributed by atoms with Crippen LogP contribution < -0.4 is 15.2 Å².